The number of benzene rings is 2. The maximum atomic E-state index is 14.0. The second kappa shape index (κ2) is 8.78. The number of halogens is 8. The standard InChI is InChI=1S/C20H15F8NO4/c1-19(18(30)29-8-3-4-10(31-2)9(5-8)20(26,27)28)6-32-17(33-7-19)11-12(21)14(23)16(25)15(24)13(11)22/h3-5,17H,6-7H2,1-2H3,(H,29,30). The van der Waals surface area contributed by atoms with Crippen LogP contribution >= 0.6 is 0 Å². The van der Waals surface area contributed by atoms with Gasteiger partial charge >= 0.3 is 6.18 Å². The predicted octanol–water partition coefficient (Wildman–Crippen LogP) is 5.10. The highest BCUT2D eigenvalue weighted by molar-refractivity contribution is 5.95. The number of hydrogen-bond donors (Lipinski definition) is 1. The molecule has 13 heteroatoms. The summed E-state index contributed by atoms with van der Waals surface area (Å²) in [6.07, 6.45) is -6.78. The van der Waals surface area contributed by atoms with E-state index in [4.69, 9.17) is 9.47 Å². The molecule has 1 fully saturated rings. The molecule has 33 heavy (non-hydrogen) atoms. The van der Waals surface area contributed by atoms with E-state index in [2.05, 4.69) is 10.1 Å². The molecule has 0 aromatic heterocycles. The van der Waals surface area contributed by atoms with Crippen molar-refractivity contribution in [3.8, 4) is 5.75 Å². The number of amides is 1. The van der Waals surface area contributed by atoms with E-state index in [1.54, 1.807) is 0 Å². The van der Waals surface area contributed by atoms with E-state index in [1.807, 2.05) is 0 Å². The molecule has 1 saturated heterocycles. The van der Waals surface area contributed by atoms with E-state index >= 15 is 0 Å². The zero-order valence-electron chi connectivity index (χ0n) is 16.9. The first kappa shape index (κ1) is 24.7. The van der Waals surface area contributed by atoms with Gasteiger partial charge in [-0.15, -0.1) is 0 Å². The first-order valence-electron chi connectivity index (χ1n) is 9.11. The molecule has 1 aliphatic rings. The lowest BCUT2D eigenvalue weighted by molar-refractivity contribution is -0.228. The van der Waals surface area contributed by atoms with Gasteiger partial charge in [-0.3, -0.25) is 4.79 Å². The largest absolute Gasteiger partial charge is 0.496 e. The number of ether oxygens (including phenoxy) is 3. The first-order valence-corrected chi connectivity index (χ1v) is 9.11. The molecule has 2 aromatic rings. The van der Waals surface area contributed by atoms with Crippen LogP contribution in [0.5, 0.6) is 5.75 Å². The van der Waals surface area contributed by atoms with Gasteiger partial charge < -0.3 is 19.5 Å². The zero-order chi connectivity index (χ0) is 24.7. The Hall–Kier alpha value is -2.93. The molecular weight excluding hydrogens is 470 g/mol. The summed E-state index contributed by atoms with van der Waals surface area (Å²) in [5.41, 5.74) is -4.32. The first-order chi connectivity index (χ1) is 15.3. The highest BCUT2D eigenvalue weighted by Crippen LogP contribution is 2.39. The highest BCUT2D eigenvalue weighted by atomic mass is 19.4. The Balaban J connectivity index is 1.77. The Morgan fingerprint density at radius 3 is 2.00 bits per heavy atom. The molecule has 1 N–H and O–H groups in total. The van der Waals surface area contributed by atoms with E-state index in [1.165, 1.54) is 6.92 Å². The Labute approximate surface area is 181 Å². The van der Waals surface area contributed by atoms with Gasteiger partial charge in [0.25, 0.3) is 0 Å². The molecule has 1 heterocycles. The quantitative estimate of drug-likeness (QED) is 0.372. The van der Waals surface area contributed by atoms with Gasteiger partial charge in [-0.2, -0.15) is 13.2 Å². The average molecular weight is 485 g/mol. The minimum Gasteiger partial charge on any atom is -0.496 e. The highest BCUT2D eigenvalue weighted by Gasteiger charge is 2.43. The van der Waals surface area contributed by atoms with Crippen molar-refractivity contribution in [2.75, 3.05) is 25.6 Å². The molecule has 3 rings (SSSR count). The van der Waals surface area contributed by atoms with Crippen molar-refractivity contribution in [2.24, 2.45) is 5.41 Å². The van der Waals surface area contributed by atoms with Gasteiger partial charge in [0.2, 0.25) is 11.7 Å². The van der Waals surface area contributed by atoms with Crippen LogP contribution in [-0.4, -0.2) is 26.2 Å². The molecule has 0 radical (unpaired) electrons. The van der Waals surface area contributed by atoms with E-state index in [9.17, 15) is 39.9 Å². The second-order valence-electron chi connectivity index (χ2n) is 7.37. The van der Waals surface area contributed by atoms with Gasteiger partial charge in [-0.05, 0) is 25.1 Å². The van der Waals surface area contributed by atoms with E-state index < -0.39 is 83.0 Å². The normalized spacial score (nSPS) is 21.1. The lowest BCUT2D eigenvalue weighted by Crippen LogP contribution is -2.46. The zero-order valence-corrected chi connectivity index (χ0v) is 16.9. The number of methoxy groups -OCH3 is 1. The van der Waals surface area contributed by atoms with Crippen LogP contribution in [0.1, 0.15) is 24.3 Å². The summed E-state index contributed by atoms with van der Waals surface area (Å²) in [7, 11) is 1.04. The number of anilines is 1. The van der Waals surface area contributed by atoms with Crippen LogP contribution in [0.2, 0.25) is 0 Å². The molecule has 1 amide bonds. The third-order valence-electron chi connectivity index (χ3n) is 4.90. The average Bonchev–Trinajstić information content (AvgIpc) is 2.77. The Morgan fingerprint density at radius 2 is 1.52 bits per heavy atom. The molecule has 0 saturated carbocycles. The minimum atomic E-state index is -4.77. The van der Waals surface area contributed by atoms with Crippen molar-refractivity contribution in [2.45, 2.75) is 19.4 Å². The van der Waals surface area contributed by atoms with Gasteiger partial charge in [-0.25, -0.2) is 22.0 Å². The number of alkyl halides is 3. The molecule has 0 spiro atoms. The Kier molecular flexibility index (Phi) is 6.58. The van der Waals surface area contributed by atoms with Crippen LogP contribution in [-0.2, 0) is 20.4 Å². The van der Waals surface area contributed by atoms with E-state index in [0.717, 1.165) is 19.2 Å². The maximum absolute atomic E-state index is 14.0. The molecule has 180 valence electrons. The SMILES string of the molecule is COc1ccc(NC(=O)C2(C)COC(c3c(F)c(F)c(F)c(F)c3F)OC2)cc1C(F)(F)F. The summed E-state index contributed by atoms with van der Waals surface area (Å²) < 4.78 is 122. The number of hydrogen-bond acceptors (Lipinski definition) is 4. The van der Waals surface area contributed by atoms with Gasteiger partial charge in [-0.1, -0.05) is 0 Å². The van der Waals surface area contributed by atoms with Crippen LogP contribution in [0.25, 0.3) is 0 Å². The Morgan fingerprint density at radius 1 is 1.00 bits per heavy atom. The fourth-order valence-corrected chi connectivity index (χ4v) is 3.02. The predicted molar refractivity (Wildman–Crippen MR) is 95.6 cm³/mol. The second-order valence-corrected chi connectivity index (χ2v) is 7.37. The molecule has 2 aromatic carbocycles. The topological polar surface area (TPSA) is 56.8 Å². The number of nitrogens with one attached hydrogen (secondary N) is 1. The number of carbonyl (C=O) groups is 1. The summed E-state index contributed by atoms with van der Waals surface area (Å²) in [4.78, 5) is 12.6. The summed E-state index contributed by atoms with van der Waals surface area (Å²) in [5, 5.41) is 2.25. The summed E-state index contributed by atoms with van der Waals surface area (Å²) in [6, 6.07) is 2.79. The Bertz CT molecular complexity index is 1050. The summed E-state index contributed by atoms with van der Waals surface area (Å²) in [5.74, 6) is -12.4. The van der Waals surface area contributed by atoms with Crippen LogP contribution in [0, 0.1) is 34.5 Å². The van der Waals surface area contributed by atoms with Crippen molar-refractivity contribution in [1.29, 1.82) is 0 Å². The minimum absolute atomic E-state index is 0.240. The van der Waals surface area contributed by atoms with Crippen molar-refractivity contribution in [1.82, 2.24) is 0 Å². The number of rotatable bonds is 4. The fraction of sp³-hybridized carbons (Fsp3) is 0.350. The lowest BCUT2D eigenvalue weighted by atomic mass is 9.90. The van der Waals surface area contributed by atoms with Crippen molar-refractivity contribution in [3.05, 3.63) is 58.4 Å². The molecule has 0 unspecified atom stereocenters. The fourth-order valence-electron chi connectivity index (χ4n) is 3.02. The monoisotopic (exact) mass is 485 g/mol. The van der Waals surface area contributed by atoms with Crippen LogP contribution in [0.15, 0.2) is 18.2 Å². The molecule has 0 atom stereocenters. The van der Waals surface area contributed by atoms with Crippen molar-refractivity contribution in [3.63, 3.8) is 0 Å². The van der Waals surface area contributed by atoms with Gasteiger partial charge in [0.15, 0.2) is 29.6 Å². The molecule has 1 aliphatic heterocycles. The summed E-state index contributed by atoms with van der Waals surface area (Å²) in [6.45, 7) is 0.0574. The maximum Gasteiger partial charge on any atom is 0.420 e. The molecule has 5 nitrogen and oxygen atoms in total. The van der Waals surface area contributed by atoms with E-state index in [-0.39, 0.29) is 5.69 Å². The van der Waals surface area contributed by atoms with E-state index in [0.29, 0.717) is 6.07 Å². The third-order valence-corrected chi connectivity index (χ3v) is 4.90. The third kappa shape index (κ3) is 4.60. The van der Waals surface area contributed by atoms with Gasteiger partial charge in [0.05, 0.1) is 36.9 Å². The van der Waals surface area contributed by atoms with Crippen LogP contribution in [0.3, 0.4) is 0 Å². The lowest BCUT2D eigenvalue weighted by Gasteiger charge is -2.36. The number of carbonyl (C=O) groups excluding carboxylic acids is 1. The summed E-state index contributed by atoms with van der Waals surface area (Å²) >= 11 is 0. The smallest absolute Gasteiger partial charge is 0.420 e. The van der Waals surface area contributed by atoms with Gasteiger partial charge in [0, 0.05) is 5.69 Å². The van der Waals surface area contributed by atoms with Gasteiger partial charge in [0.1, 0.15) is 5.75 Å². The molecular formula is C20H15F8NO4. The van der Waals surface area contributed by atoms with Crippen LogP contribution in [0.4, 0.5) is 40.8 Å². The van der Waals surface area contributed by atoms with Crippen LogP contribution < -0.4 is 10.1 Å². The molecule has 0 bridgehead atoms. The van der Waals surface area contributed by atoms with Crippen molar-refractivity contribution < 1.29 is 54.1 Å². The molecule has 0 aliphatic carbocycles. The van der Waals surface area contributed by atoms with Crippen molar-refractivity contribution >= 4 is 11.6 Å².